The summed E-state index contributed by atoms with van der Waals surface area (Å²) in [5.41, 5.74) is 0. The summed E-state index contributed by atoms with van der Waals surface area (Å²) < 4.78 is 5.07. The maximum absolute atomic E-state index is 8.37. The average Bonchev–Trinajstić information content (AvgIpc) is 2.31. The molecule has 0 aromatic heterocycles. The van der Waals surface area contributed by atoms with Crippen LogP contribution in [0.3, 0.4) is 0 Å². The fourth-order valence-corrected chi connectivity index (χ4v) is 1.14. The van der Waals surface area contributed by atoms with Crippen molar-refractivity contribution in [2.75, 3.05) is 26.4 Å². The molecule has 0 fully saturated rings. The normalized spacial score (nSPS) is 9.75. The quantitative estimate of drug-likeness (QED) is 0.571. The summed E-state index contributed by atoms with van der Waals surface area (Å²) in [7, 11) is 0. The second-order valence-electron chi connectivity index (χ2n) is 3.77. The molecule has 0 aliphatic carbocycles. The van der Waals surface area contributed by atoms with Crippen LogP contribution in [0.25, 0.3) is 0 Å². The monoisotopic (exact) mass is 234 g/mol. The number of rotatable bonds is 10. The minimum Gasteiger partial charge on any atom is -0.396 e. The highest BCUT2D eigenvalue weighted by Crippen LogP contribution is 2.00. The van der Waals surface area contributed by atoms with E-state index in [9.17, 15) is 0 Å². The molecule has 0 bridgehead atoms. The SMILES string of the molecule is CCCCOCC.OCCCCCCCO. The van der Waals surface area contributed by atoms with E-state index < -0.39 is 0 Å². The van der Waals surface area contributed by atoms with Crippen LogP contribution in [-0.4, -0.2) is 36.6 Å². The lowest BCUT2D eigenvalue weighted by Gasteiger charge is -1.95. The van der Waals surface area contributed by atoms with Gasteiger partial charge in [-0.1, -0.05) is 32.6 Å². The summed E-state index contributed by atoms with van der Waals surface area (Å²) >= 11 is 0. The lowest BCUT2D eigenvalue weighted by Crippen LogP contribution is -1.90. The second kappa shape index (κ2) is 20.3. The van der Waals surface area contributed by atoms with Gasteiger partial charge < -0.3 is 14.9 Å². The summed E-state index contributed by atoms with van der Waals surface area (Å²) in [6.07, 6.45) is 7.58. The van der Waals surface area contributed by atoms with Gasteiger partial charge in [0, 0.05) is 26.4 Å². The molecule has 0 aromatic rings. The van der Waals surface area contributed by atoms with Crippen molar-refractivity contribution in [3.63, 3.8) is 0 Å². The molecule has 0 saturated carbocycles. The summed E-state index contributed by atoms with van der Waals surface area (Å²) in [6, 6.07) is 0. The van der Waals surface area contributed by atoms with Crippen molar-refractivity contribution in [1.82, 2.24) is 0 Å². The largest absolute Gasteiger partial charge is 0.396 e. The molecule has 0 spiro atoms. The Morgan fingerprint density at radius 3 is 1.62 bits per heavy atom. The number of hydrogen-bond acceptors (Lipinski definition) is 3. The minimum atomic E-state index is 0.305. The third kappa shape index (κ3) is 23.6. The van der Waals surface area contributed by atoms with E-state index in [1.54, 1.807) is 0 Å². The number of aliphatic hydroxyl groups excluding tert-OH is 2. The van der Waals surface area contributed by atoms with Crippen LogP contribution in [0.2, 0.25) is 0 Å². The van der Waals surface area contributed by atoms with Crippen LogP contribution in [0, 0.1) is 0 Å². The Labute approximate surface area is 101 Å². The van der Waals surface area contributed by atoms with Crippen LogP contribution in [0.15, 0.2) is 0 Å². The van der Waals surface area contributed by atoms with E-state index >= 15 is 0 Å². The first kappa shape index (κ1) is 18.3. The highest BCUT2D eigenvalue weighted by molar-refractivity contribution is 4.41. The Morgan fingerprint density at radius 2 is 1.25 bits per heavy atom. The minimum absolute atomic E-state index is 0.305. The third-order valence-corrected chi connectivity index (χ3v) is 2.16. The molecule has 16 heavy (non-hydrogen) atoms. The van der Waals surface area contributed by atoms with Gasteiger partial charge in [-0.3, -0.25) is 0 Å². The van der Waals surface area contributed by atoms with E-state index in [1.165, 1.54) is 12.8 Å². The average molecular weight is 234 g/mol. The van der Waals surface area contributed by atoms with E-state index in [-0.39, 0.29) is 0 Å². The molecule has 2 N–H and O–H groups in total. The van der Waals surface area contributed by atoms with Gasteiger partial charge in [0.15, 0.2) is 0 Å². The predicted molar refractivity (Wildman–Crippen MR) is 68.7 cm³/mol. The fraction of sp³-hybridized carbons (Fsp3) is 1.00. The van der Waals surface area contributed by atoms with Gasteiger partial charge in [-0.25, -0.2) is 0 Å². The number of unbranched alkanes of at least 4 members (excludes halogenated alkanes) is 5. The molecule has 0 aliphatic heterocycles. The van der Waals surface area contributed by atoms with Crippen molar-refractivity contribution >= 4 is 0 Å². The molecule has 0 aliphatic rings. The highest BCUT2D eigenvalue weighted by Gasteiger charge is 1.86. The molecule has 3 nitrogen and oxygen atoms in total. The van der Waals surface area contributed by atoms with E-state index in [1.807, 2.05) is 6.92 Å². The second-order valence-corrected chi connectivity index (χ2v) is 3.77. The lowest BCUT2D eigenvalue weighted by molar-refractivity contribution is 0.144. The summed E-state index contributed by atoms with van der Waals surface area (Å²) in [5, 5.41) is 16.7. The van der Waals surface area contributed by atoms with E-state index in [0.29, 0.717) is 13.2 Å². The van der Waals surface area contributed by atoms with Crippen LogP contribution in [0.5, 0.6) is 0 Å². The van der Waals surface area contributed by atoms with Crippen LogP contribution in [0.1, 0.15) is 58.8 Å². The molecule has 0 saturated heterocycles. The van der Waals surface area contributed by atoms with Gasteiger partial charge in [-0.2, -0.15) is 0 Å². The van der Waals surface area contributed by atoms with Gasteiger partial charge in [-0.15, -0.1) is 0 Å². The summed E-state index contributed by atoms with van der Waals surface area (Å²) in [5.74, 6) is 0. The van der Waals surface area contributed by atoms with Gasteiger partial charge in [0.25, 0.3) is 0 Å². The van der Waals surface area contributed by atoms with Gasteiger partial charge in [0.1, 0.15) is 0 Å². The van der Waals surface area contributed by atoms with Crippen LogP contribution >= 0.6 is 0 Å². The van der Waals surface area contributed by atoms with Crippen molar-refractivity contribution in [3.8, 4) is 0 Å². The van der Waals surface area contributed by atoms with Gasteiger partial charge in [-0.05, 0) is 26.2 Å². The van der Waals surface area contributed by atoms with Crippen molar-refractivity contribution < 1.29 is 14.9 Å². The topological polar surface area (TPSA) is 49.7 Å². The van der Waals surface area contributed by atoms with Crippen LogP contribution in [-0.2, 0) is 4.74 Å². The molecule has 0 atom stereocenters. The molecule has 0 unspecified atom stereocenters. The highest BCUT2D eigenvalue weighted by atomic mass is 16.5. The molecule has 0 aromatic carbocycles. The Hall–Kier alpha value is -0.120. The molecule has 0 heterocycles. The van der Waals surface area contributed by atoms with Gasteiger partial charge in [0.2, 0.25) is 0 Å². The molecule has 0 rings (SSSR count). The zero-order valence-corrected chi connectivity index (χ0v) is 11.1. The van der Waals surface area contributed by atoms with Crippen molar-refractivity contribution in [2.24, 2.45) is 0 Å². The fourth-order valence-electron chi connectivity index (χ4n) is 1.14. The van der Waals surface area contributed by atoms with Gasteiger partial charge >= 0.3 is 0 Å². The molecule has 3 heteroatoms. The van der Waals surface area contributed by atoms with Crippen LogP contribution < -0.4 is 0 Å². The summed E-state index contributed by atoms with van der Waals surface area (Å²) in [6.45, 7) is 6.60. The zero-order valence-electron chi connectivity index (χ0n) is 11.1. The lowest BCUT2D eigenvalue weighted by atomic mass is 10.2. The first-order chi connectivity index (χ1) is 7.83. The number of hydrogen-bond donors (Lipinski definition) is 2. The van der Waals surface area contributed by atoms with Crippen molar-refractivity contribution in [2.45, 2.75) is 58.8 Å². The first-order valence-electron chi connectivity index (χ1n) is 6.62. The van der Waals surface area contributed by atoms with Crippen molar-refractivity contribution in [1.29, 1.82) is 0 Å². The van der Waals surface area contributed by atoms with E-state index in [2.05, 4.69) is 6.92 Å². The smallest absolute Gasteiger partial charge is 0.0465 e. The third-order valence-electron chi connectivity index (χ3n) is 2.16. The first-order valence-corrected chi connectivity index (χ1v) is 6.62. The standard InChI is InChI=1S/C7H16O2.C6H14O/c8-6-4-2-1-3-5-7-9;1-3-5-6-7-4-2/h8-9H,1-7H2;3-6H2,1-2H3. The Morgan fingerprint density at radius 1 is 0.750 bits per heavy atom. The maximum atomic E-state index is 8.37. The zero-order chi connectivity index (χ0) is 12.5. The van der Waals surface area contributed by atoms with E-state index in [4.69, 9.17) is 14.9 Å². The van der Waals surface area contributed by atoms with Crippen molar-refractivity contribution in [3.05, 3.63) is 0 Å². The molecular formula is C13H30O3. The summed E-state index contributed by atoms with van der Waals surface area (Å²) in [4.78, 5) is 0. The Kier molecular flexibility index (Phi) is 23.2. The molecule has 100 valence electrons. The predicted octanol–water partition coefficient (Wildman–Crippen LogP) is 2.74. The Balaban J connectivity index is 0. The van der Waals surface area contributed by atoms with E-state index in [0.717, 1.165) is 45.3 Å². The number of ether oxygens (including phenoxy) is 1. The molecule has 0 amide bonds. The number of aliphatic hydroxyl groups is 2. The van der Waals surface area contributed by atoms with Gasteiger partial charge in [0.05, 0.1) is 0 Å². The molecular weight excluding hydrogens is 204 g/mol. The molecule has 0 radical (unpaired) electrons. The Bertz CT molecular complexity index is 87.2. The van der Waals surface area contributed by atoms with Crippen LogP contribution in [0.4, 0.5) is 0 Å². The maximum Gasteiger partial charge on any atom is 0.0465 e.